The molecule has 6 aromatic rings. The highest BCUT2D eigenvalue weighted by Gasteiger charge is 2.45. The van der Waals surface area contributed by atoms with Crippen molar-refractivity contribution in [3.8, 4) is 46.3 Å². The average molecular weight is 622 g/mol. The normalized spacial score (nSPS) is 12.4. The van der Waals surface area contributed by atoms with Crippen LogP contribution < -0.4 is 9.47 Å². The summed E-state index contributed by atoms with van der Waals surface area (Å²) >= 11 is 12.2. The van der Waals surface area contributed by atoms with Crippen LogP contribution in [-0.2, 0) is 5.41 Å². The summed E-state index contributed by atoms with van der Waals surface area (Å²) in [4.78, 5) is 0. The van der Waals surface area contributed by atoms with E-state index in [0.717, 1.165) is 11.1 Å². The topological polar surface area (TPSA) is 66.0 Å². The molecule has 0 radical (unpaired) electrons. The maximum atomic E-state index is 9.58. The Balaban J connectivity index is 1.34. The van der Waals surface area contributed by atoms with Crippen molar-refractivity contribution < 1.29 is 9.47 Å². The van der Waals surface area contributed by atoms with E-state index in [-0.39, 0.29) is 0 Å². The molecule has 0 saturated heterocycles. The molecule has 45 heavy (non-hydrogen) atoms. The van der Waals surface area contributed by atoms with Gasteiger partial charge in [0.25, 0.3) is 0 Å². The molecule has 0 atom stereocenters. The Bertz CT molecular complexity index is 2000. The maximum absolute atomic E-state index is 9.58. The Morgan fingerprint density at radius 1 is 0.489 bits per heavy atom. The first-order chi connectivity index (χ1) is 22.0. The van der Waals surface area contributed by atoms with Crippen LogP contribution in [0.15, 0.2) is 133 Å². The lowest BCUT2D eigenvalue weighted by atomic mass is 9.68. The number of fused-ring (bicyclic) bond motifs is 3. The Morgan fingerprint density at radius 3 is 1.29 bits per heavy atom. The number of ether oxygens (including phenoxy) is 2. The second kappa shape index (κ2) is 11.5. The zero-order chi connectivity index (χ0) is 31.0. The lowest BCUT2D eigenvalue weighted by molar-refractivity contribution is 0.480. The molecule has 0 fully saturated rings. The smallest absolute Gasteiger partial charge is 0.145 e. The molecule has 6 heteroatoms. The third-order valence-corrected chi connectivity index (χ3v) is 8.58. The largest absolute Gasteiger partial charge is 0.456 e. The summed E-state index contributed by atoms with van der Waals surface area (Å²) in [6.07, 6.45) is 0. The minimum Gasteiger partial charge on any atom is -0.456 e. The van der Waals surface area contributed by atoms with Gasteiger partial charge in [-0.05, 0) is 94.0 Å². The van der Waals surface area contributed by atoms with Gasteiger partial charge < -0.3 is 9.47 Å². The van der Waals surface area contributed by atoms with E-state index < -0.39 is 5.41 Å². The third-order valence-electron chi connectivity index (χ3n) is 8.11. The summed E-state index contributed by atoms with van der Waals surface area (Å²) in [5.74, 6) is 2.09. The van der Waals surface area contributed by atoms with Gasteiger partial charge in [-0.15, -0.1) is 0 Å². The lowest BCUT2D eigenvalue weighted by Crippen LogP contribution is -2.28. The van der Waals surface area contributed by atoms with Crippen molar-refractivity contribution in [2.75, 3.05) is 0 Å². The molecular formula is C39H22Cl2N2O2. The molecule has 0 saturated carbocycles. The van der Waals surface area contributed by atoms with E-state index in [2.05, 4.69) is 84.9 Å². The van der Waals surface area contributed by atoms with Gasteiger partial charge in [-0.2, -0.15) is 10.5 Å². The van der Waals surface area contributed by atoms with E-state index in [1.165, 1.54) is 22.3 Å². The molecule has 0 N–H and O–H groups in total. The zero-order valence-electron chi connectivity index (χ0n) is 23.7. The SMILES string of the molecule is N#Cc1cc(Cl)ccc1Oc1ccc(C2(c3ccc(Oc4ccc(Cl)cc4C#N)cc3)c3ccccc3-c3ccccc32)cc1. The highest BCUT2D eigenvalue weighted by molar-refractivity contribution is 6.31. The number of rotatable bonds is 6. The third kappa shape index (κ3) is 4.88. The van der Waals surface area contributed by atoms with E-state index in [0.29, 0.717) is 44.2 Å². The van der Waals surface area contributed by atoms with E-state index in [1.807, 2.05) is 24.3 Å². The van der Waals surface area contributed by atoms with E-state index in [1.54, 1.807) is 36.4 Å². The van der Waals surface area contributed by atoms with Crippen molar-refractivity contribution in [2.24, 2.45) is 0 Å². The van der Waals surface area contributed by atoms with Crippen LogP contribution in [0.25, 0.3) is 11.1 Å². The first-order valence-electron chi connectivity index (χ1n) is 14.2. The average Bonchev–Trinajstić information content (AvgIpc) is 3.38. The quantitative estimate of drug-likeness (QED) is 0.185. The number of hydrogen-bond acceptors (Lipinski definition) is 4. The predicted molar refractivity (Wildman–Crippen MR) is 176 cm³/mol. The van der Waals surface area contributed by atoms with Gasteiger partial charge in [0.1, 0.15) is 35.1 Å². The van der Waals surface area contributed by atoms with Gasteiger partial charge in [-0.25, -0.2) is 0 Å². The highest BCUT2D eigenvalue weighted by atomic mass is 35.5. The van der Waals surface area contributed by atoms with Crippen molar-refractivity contribution in [1.82, 2.24) is 0 Å². The lowest BCUT2D eigenvalue weighted by Gasteiger charge is -2.34. The number of hydrogen-bond donors (Lipinski definition) is 0. The van der Waals surface area contributed by atoms with Gasteiger partial charge in [-0.1, -0.05) is 96.0 Å². The number of benzene rings is 6. The van der Waals surface area contributed by atoms with Gasteiger partial charge in [0.2, 0.25) is 0 Å². The minimum atomic E-state index is -0.625. The summed E-state index contributed by atoms with van der Waals surface area (Å²) in [5, 5.41) is 20.1. The van der Waals surface area contributed by atoms with Crippen LogP contribution in [0.5, 0.6) is 23.0 Å². The first kappa shape index (κ1) is 28.3. The fraction of sp³-hybridized carbons (Fsp3) is 0.0256. The molecule has 4 nitrogen and oxygen atoms in total. The summed E-state index contributed by atoms with van der Waals surface area (Å²) in [7, 11) is 0. The van der Waals surface area contributed by atoms with E-state index in [4.69, 9.17) is 32.7 Å². The van der Waals surface area contributed by atoms with Crippen molar-refractivity contribution >= 4 is 23.2 Å². The van der Waals surface area contributed by atoms with Crippen LogP contribution in [-0.4, -0.2) is 0 Å². The van der Waals surface area contributed by atoms with E-state index >= 15 is 0 Å². The monoisotopic (exact) mass is 620 g/mol. The fourth-order valence-electron chi connectivity index (χ4n) is 6.18. The van der Waals surface area contributed by atoms with Crippen LogP contribution in [0.4, 0.5) is 0 Å². The summed E-state index contributed by atoms with van der Waals surface area (Å²) in [6.45, 7) is 0. The minimum absolute atomic E-state index is 0.365. The van der Waals surface area contributed by atoms with E-state index in [9.17, 15) is 10.5 Å². The van der Waals surface area contributed by atoms with Crippen molar-refractivity contribution in [3.05, 3.63) is 177 Å². The Labute approximate surface area is 270 Å². The molecule has 1 aliphatic rings. The zero-order valence-corrected chi connectivity index (χ0v) is 25.2. The maximum Gasteiger partial charge on any atom is 0.145 e. The Hall–Kier alpha value is -5.52. The van der Waals surface area contributed by atoms with Crippen molar-refractivity contribution in [2.45, 2.75) is 5.41 Å². The van der Waals surface area contributed by atoms with Crippen LogP contribution in [0.1, 0.15) is 33.4 Å². The van der Waals surface area contributed by atoms with Gasteiger partial charge in [-0.3, -0.25) is 0 Å². The van der Waals surface area contributed by atoms with Crippen molar-refractivity contribution in [1.29, 1.82) is 10.5 Å². The fourth-order valence-corrected chi connectivity index (χ4v) is 6.52. The van der Waals surface area contributed by atoms with Crippen LogP contribution in [0.2, 0.25) is 10.0 Å². The number of halogens is 2. The Morgan fingerprint density at radius 2 is 0.889 bits per heavy atom. The molecule has 0 aromatic heterocycles. The van der Waals surface area contributed by atoms with Gasteiger partial charge in [0, 0.05) is 10.0 Å². The molecule has 0 heterocycles. The summed E-state index contributed by atoms with van der Waals surface area (Å²) in [5.41, 5.74) is 6.91. The van der Waals surface area contributed by atoms with Gasteiger partial charge in [0.15, 0.2) is 0 Å². The van der Waals surface area contributed by atoms with Crippen LogP contribution >= 0.6 is 23.2 Å². The molecule has 7 rings (SSSR count). The standard InChI is InChI=1S/C39H22Cl2N2O2/c40-29-13-19-37(25(21-29)23-42)44-31-15-9-27(10-16-31)39(35-7-3-1-5-33(35)34-6-2-4-8-36(34)39)28-11-17-32(18-12-28)45-38-20-14-30(41)22-26(38)24-43/h1-22H. The van der Waals surface area contributed by atoms with Crippen LogP contribution in [0, 0.1) is 22.7 Å². The highest BCUT2D eigenvalue weighted by Crippen LogP contribution is 2.56. The molecule has 1 aliphatic carbocycles. The molecular weight excluding hydrogens is 599 g/mol. The molecule has 6 aromatic carbocycles. The van der Waals surface area contributed by atoms with Gasteiger partial charge in [0.05, 0.1) is 16.5 Å². The van der Waals surface area contributed by atoms with Gasteiger partial charge >= 0.3 is 0 Å². The summed E-state index contributed by atoms with van der Waals surface area (Å²) < 4.78 is 12.2. The molecule has 0 spiro atoms. The van der Waals surface area contributed by atoms with Crippen LogP contribution in [0.3, 0.4) is 0 Å². The number of nitriles is 2. The van der Waals surface area contributed by atoms with Crippen molar-refractivity contribution in [3.63, 3.8) is 0 Å². The second-order valence-electron chi connectivity index (χ2n) is 10.6. The Kier molecular flexibility index (Phi) is 7.24. The summed E-state index contributed by atoms with van der Waals surface area (Å²) in [6, 6.07) is 47.3. The molecule has 214 valence electrons. The second-order valence-corrected chi connectivity index (χ2v) is 11.5. The molecule has 0 unspecified atom stereocenters. The predicted octanol–water partition coefficient (Wildman–Crippen LogP) is 10.7. The number of nitrogens with zero attached hydrogens (tertiary/aromatic N) is 2. The first-order valence-corrected chi connectivity index (χ1v) is 14.9. The molecule has 0 bridgehead atoms. The molecule has 0 aliphatic heterocycles. The molecule has 0 amide bonds.